The van der Waals surface area contributed by atoms with E-state index in [1.54, 1.807) is 0 Å². The number of hydrogen-bond donors (Lipinski definition) is 0. The second kappa shape index (κ2) is 875. The molecule has 0 aromatic rings. The molecule has 0 unspecified atom stereocenters. The number of hydrogen-bond acceptors (Lipinski definition) is 16. The van der Waals surface area contributed by atoms with Crippen molar-refractivity contribution in [3.8, 4) is 0 Å². The summed E-state index contributed by atoms with van der Waals surface area (Å²) in [6.45, 7) is 32.0. The van der Waals surface area contributed by atoms with Crippen LogP contribution >= 0.6 is 0 Å². The van der Waals surface area contributed by atoms with Crippen LogP contribution in [0.3, 0.4) is 0 Å². The Morgan fingerprint density at radius 3 is 0.121 bits per heavy atom. The Bertz CT molecular complexity index is 102. The predicted octanol–water partition coefficient (Wildman–Crippen LogP) is -2.96. The van der Waals surface area contributed by atoms with E-state index < -0.39 is 0 Å². The van der Waals surface area contributed by atoms with Gasteiger partial charge in [0.15, 0.2) is 0 Å². The van der Waals surface area contributed by atoms with Gasteiger partial charge in [-0.15, -0.1) is 0 Å². The van der Waals surface area contributed by atoms with E-state index >= 15 is 0 Å². The maximum absolute atomic E-state index is 8.00. The largest absolute Gasteiger partial charge is 0.307 e. The molecule has 0 aromatic carbocycles. The van der Waals surface area contributed by atoms with Gasteiger partial charge in [-0.3, -0.25) is 0 Å². The molecule has 1 radical (unpaired) electrons. The zero-order valence-electron chi connectivity index (χ0n) is 18.2. The van der Waals surface area contributed by atoms with Crippen LogP contribution in [0.1, 0.15) is 0 Å². The standard InChI is InChI=1S/16CH2O.Rh/c16*1-2;/h16*1H2;. The maximum atomic E-state index is 8.00. The molecule has 201 valence electrons. The minimum Gasteiger partial charge on any atom is -0.307 e. The summed E-state index contributed by atoms with van der Waals surface area (Å²) in [5, 5.41) is 0. The maximum Gasteiger partial charge on any atom is 0.106 e. The van der Waals surface area contributed by atoms with Crippen molar-refractivity contribution >= 4 is 109 Å². The van der Waals surface area contributed by atoms with Crippen molar-refractivity contribution in [2.75, 3.05) is 0 Å². The summed E-state index contributed by atoms with van der Waals surface area (Å²) >= 11 is 0. The van der Waals surface area contributed by atoms with Gasteiger partial charge in [0, 0.05) is 19.5 Å². The predicted molar refractivity (Wildman–Crippen MR) is 114 cm³/mol. The van der Waals surface area contributed by atoms with E-state index in [-0.39, 0.29) is 19.5 Å². The van der Waals surface area contributed by atoms with E-state index in [1.165, 1.54) is 0 Å². The summed E-state index contributed by atoms with van der Waals surface area (Å²) < 4.78 is 0. The van der Waals surface area contributed by atoms with Crippen LogP contribution in [0.15, 0.2) is 0 Å². The molecule has 0 aliphatic carbocycles. The van der Waals surface area contributed by atoms with Gasteiger partial charge in [-0.1, -0.05) is 0 Å². The topological polar surface area (TPSA) is 273 Å². The average molecular weight is 583 g/mol. The molecule has 0 N–H and O–H groups in total. The fraction of sp³-hybridized carbons (Fsp3) is 0. The summed E-state index contributed by atoms with van der Waals surface area (Å²) in [5.41, 5.74) is 0. The van der Waals surface area contributed by atoms with Crippen LogP contribution in [-0.2, 0) is 96.2 Å². The molecule has 0 bridgehead atoms. The quantitative estimate of drug-likeness (QED) is 0.258. The average Bonchev–Trinajstić information content (AvgIpc) is 3.05. The van der Waals surface area contributed by atoms with Gasteiger partial charge in [-0.2, -0.15) is 0 Å². The van der Waals surface area contributed by atoms with Crippen LogP contribution in [0.4, 0.5) is 0 Å². The number of carbonyl (C=O) groups excluding carboxylic acids is 16. The number of carbonyl (C=O) groups is 16. The molecule has 17 heteroatoms. The Labute approximate surface area is 205 Å². The van der Waals surface area contributed by atoms with Gasteiger partial charge in [-0.25, -0.2) is 0 Å². The van der Waals surface area contributed by atoms with Crippen molar-refractivity contribution in [1.29, 1.82) is 0 Å². The van der Waals surface area contributed by atoms with Crippen LogP contribution in [-0.4, -0.2) is 109 Å². The van der Waals surface area contributed by atoms with Crippen molar-refractivity contribution in [2.45, 2.75) is 0 Å². The molecule has 33 heavy (non-hydrogen) atoms. The minimum atomic E-state index is 0. The number of rotatable bonds is 0. The van der Waals surface area contributed by atoms with Crippen molar-refractivity contribution < 1.29 is 96.2 Å². The molecule has 0 aliphatic rings. The molecule has 0 rings (SSSR count). The van der Waals surface area contributed by atoms with Gasteiger partial charge in [0.05, 0.1) is 0 Å². The van der Waals surface area contributed by atoms with Crippen LogP contribution in [0.5, 0.6) is 0 Å². The van der Waals surface area contributed by atoms with E-state index in [0.717, 1.165) is 0 Å². The fourth-order valence-electron chi connectivity index (χ4n) is 0. The third kappa shape index (κ3) is 810. The summed E-state index contributed by atoms with van der Waals surface area (Å²) in [6.07, 6.45) is 0. The molecule has 0 fully saturated rings. The Kier molecular flexibility index (Phi) is 4370. The van der Waals surface area contributed by atoms with Crippen LogP contribution in [0.25, 0.3) is 0 Å². The fourth-order valence-corrected chi connectivity index (χ4v) is 0. The second-order valence-electron chi connectivity index (χ2n) is 0. The summed E-state index contributed by atoms with van der Waals surface area (Å²) in [5.74, 6) is 0. The van der Waals surface area contributed by atoms with Gasteiger partial charge >= 0.3 is 0 Å². The summed E-state index contributed by atoms with van der Waals surface area (Å²) in [7, 11) is 0. The van der Waals surface area contributed by atoms with Crippen molar-refractivity contribution in [3.05, 3.63) is 0 Å². The molecule has 0 spiro atoms. The van der Waals surface area contributed by atoms with Crippen molar-refractivity contribution in [1.82, 2.24) is 0 Å². The van der Waals surface area contributed by atoms with E-state index in [9.17, 15) is 0 Å². The van der Waals surface area contributed by atoms with E-state index in [4.69, 9.17) is 76.7 Å². The first-order valence-corrected chi connectivity index (χ1v) is 4.62. The molecular formula is C16H32O16Rh. The van der Waals surface area contributed by atoms with E-state index in [0.29, 0.717) is 0 Å². The third-order valence-corrected chi connectivity index (χ3v) is 0. The van der Waals surface area contributed by atoms with E-state index in [1.807, 2.05) is 109 Å². The molecule has 0 aliphatic heterocycles. The molecule has 0 saturated carbocycles. The Morgan fingerprint density at radius 1 is 0.121 bits per heavy atom. The van der Waals surface area contributed by atoms with Gasteiger partial charge in [-0.05, 0) is 0 Å². The summed E-state index contributed by atoms with van der Waals surface area (Å²) in [4.78, 5) is 128. The zero-order chi connectivity index (χ0) is 32.0. The Hall–Kier alpha value is -4.66. The molecular weight excluding hydrogens is 551 g/mol. The van der Waals surface area contributed by atoms with Gasteiger partial charge < -0.3 is 76.7 Å². The molecule has 0 saturated heterocycles. The normalized spacial score (nSPS) is 1.94. The van der Waals surface area contributed by atoms with Crippen molar-refractivity contribution in [2.24, 2.45) is 0 Å². The Balaban J connectivity index is -0.00000000551. The molecule has 0 amide bonds. The first-order chi connectivity index (χ1) is 16.0. The first kappa shape index (κ1) is 165. The SMILES string of the molecule is C=O.C=O.C=O.C=O.C=O.C=O.C=O.C=O.C=O.C=O.C=O.C=O.C=O.C=O.C=O.C=O.[Rh]. The minimum absolute atomic E-state index is 0. The second-order valence-corrected chi connectivity index (χ2v) is 0. The van der Waals surface area contributed by atoms with E-state index in [2.05, 4.69) is 0 Å². The smallest absolute Gasteiger partial charge is 0.106 e. The van der Waals surface area contributed by atoms with Gasteiger partial charge in [0.1, 0.15) is 109 Å². The third-order valence-electron chi connectivity index (χ3n) is 0. The first-order valence-electron chi connectivity index (χ1n) is 4.62. The molecule has 0 aromatic heterocycles. The monoisotopic (exact) mass is 583 g/mol. The van der Waals surface area contributed by atoms with Crippen LogP contribution < -0.4 is 0 Å². The van der Waals surface area contributed by atoms with Gasteiger partial charge in [0.2, 0.25) is 0 Å². The van der Waals surface area contributed by atoms with Gasteiger partial charge in [0.25, 0.3) is 0 Å². The molecule has 0 heterocycles. The zero-order valence-corrected chi connectivity index (χ0v) is 19.8. The summed E-state index contributed by atoms with van der Waals surface area (Å²) in [6, 6.07) is 0. The van der Waals surface area contributed by atoms with Crippen LogP contribution in [0, 0.1) is 0 Å². The van der Waals surface area contributed by atoms with Crippen molar-refractivity contribution in [3.63, 3.8) is 0 Å². The molecule has 16 nitrogen and oxygen atoms in total. The van der Waals surface area contributed by atoms with Crippen LogP contribution in [0.2, 0.25) is 0 Å². The molecule has 0 atom stereocenters. The Morgan fingerprint density at radius 2 is 0.121 bits per heavy atom.